The Morgan fingerprint density at radius 2 is 1.43 bits per heavy atom. The third-order valence-corrected chi connectivity index (χ3v) is 7.46. The fraction of sp³-hybridized carbons (Fsp3) is 0.600. The van der Waals surface area contributed by atoms with Crippen molar-refractivity contribution in [1.29, 1.82) is 0 Å². The highest BCUT2D eigenvalue weighted by molar-refractivity contribution is 5.96. The molecule has 0 aromatic heterocycles. The summed E-state index contributed by atoms with van der Waals surface area (Å²) in [6, 6.07) is 0. The molecule has 232 valence electrons. The van der Waals surface area contributed by atoms with Crippen molar-refractivity contribution in [2.75, 3.05) is 6.61 Å². The van der Waals surface area contributed by atoms with E-state index >= 15 is 0 Å². The van der Waals surface area contributed by atoms with Crippen LogP contribution in [-0.4, -0.2) is 71.8 Å². The first-order valence-corrected chi connectivity index (χ1v) is 13.5. The van der Waals surface area contributed by atoms with Crippen molar-refractivity contribution in [3.63, 3.8) is 0 Å². The molecule has 0 aliphatic heterocycles. The molecule has 12 heteroatoms. The Kier molecular flexibility index (Phi) is 11.4. The molecule has 2 aliphatic carbocycles. The Balaban J connectivity index is 3.07. The van der Waals surface area contributed by atoms with E-state index in [2.05, 4.69) is 0 Å². The van der Waals surface area contributed by atoms with Gasteiger partial charge in [-0.3, -0.25) is 28.8 Å². The minimum Gasteiger partial charge on any atom is -0.461 e. The van der Waals surface area contributed by atoms with Crippen LogP contribution in [0.15, 0.2) is 34.1 Å². The van der Waals surface area contributed by atoms with Gasteiger partial charge in [0.05, 0.1) is 6.10 Å². The molecule has 0 heterocycles. The van der Waals surface area contributed by atoms with Gasteiger partial charge < -0.3 is 28.8 Å². The van der Waals surface area contributed by atoms with Gasteiger partial charge in [-0.1, -0.05) is 13.8 Å². The number of aliphatic hydroxyl groups excluding tert-OH is 1. The lowest BCUT2D eigenvalue weighted by Gasteiger charge is -2.48. The normalized spacial score (nSPS) is 29.1. The van der Waals surface area contributed by atoms with Crippen LogP contribution >= 0.6 is 0 Å². The van der Waals surface area contributed by atoms with Gasteiger partial charge in [0.1, 0.15) is 18.8 Å². The number of rotatable bonds is 6. The Hall–Kier alpha value is -3.80. The van der Waals surface area contributed by atoms with Gasteiger partial charge in [-0.15, -0.1) is 0 Å². The summed E-state index contributed by atoms with van der Waals surface area (Å²) in [7, 11) is 0. The van der Waals surface area contributed by atoms with Gasteiger partial charge in [0.25, 0.3) is 0 Å². The molecule has 0 unspecified atom stereocenters. The van der Waals surface area contributed by atoms with Crippen LogP contribution in [0.25, 0.3) is 0 Å². The Morgan fingerprint density at radius 3 is 1.93 bits per heavy atom. The quantitative estimate of drug-likeness (QED) is 0.272. The first kappa shape index (κ1) is 34.4. The first-order valence-electron chi connectivity index (χ1n) is 13.5. The second-order valence-corrected chi connectivity index (χ2v) is 11.1. The summed E-state index contributed by atoms with van der Waals surface area (Å²) >= 11 is 0. The minimum atomic E-state index is -1.52. The highest BCUT2D eigenvalue weighted by Gasteiger charge is 2.51. The second kappa shape index (κ2) is 13.9. The SMILES string of the molecule is CC(=O)OC/C1=C\[C@H](OC(C)=O)[C@@H]2C[C@H](OC(C)=O)C(C)=C([C@@H](OC(C)=O)/C(OC(C)=O)=C(/C)[C@H](O)CC1=O)C2(C)C. The number of hydrogen-bond acceptors (Lipinski definition) is 12. The van der Waals surface area contributed by atoms with Gasteiger partial charge in [-0.25, -0.2) is 0 Å². The molecule has 0 radical (unpaired) electrons. The number of carbonyl (C=O) groups is 6. The zero-order valence-electron chi connectivity index (χ0n) is 25.5. The van der Waals surface area contributed by atoms with Crippen LogP contribution in [0.4, 0.5) is 0 Å². The molecule has 0 fully saturated rings. The van der Waals surface area contributed by atoms with Crippen molar-refractivity contribution in [1.82, 2.24) is 0 Å². The molecule has 0 spiro atoms. The average Bonchev–Trinajstić information content (AvgIpc) is 2.83. The van der Waals surface area contributed by atoms with Crippen molar-refractivity contribution in [2.24, 2.45) is 11.3 Å². The second-order valence-electron chi connectivity index (χ2n) is 11.1. The van der Waals surface area contributed by atoms with E-state index in [0.717, 1.165) is 13.8 Å². The van der Waals surface area contributed by atoms with E-state index in [1.165, 1.54) is 33.8 Å². The molecule has 12 nitrogen and oxygen atoms in total. The van der Waals surface area contributed by atoms with Crippen LogP contribution in [0.1, 0.15) is 75.2 Å². The summed E-state index contributed by atoms with van der Waals surface area (Å²) in [4.78, 5) is 74.3. The molecule has 2 aliphatic rings. The van der Waals surface area contributed by atoms with E-state index in [9.17, 15) is 33.9 Å². The van der Waals surface area contributed by atoms with Gasteiger partial charge in [0.15, 0.2) is 17.6 Å². The molecule has 0 aromatic rings. The van der Waals surface area contributed by atoms with Gasteiger partial charge in [-0.2, -0.15) is 0 Å². The number of hydrogen-bond donors (Lipinski definition) is 1. The highest BCUT2D eigenvalue weighted by atomic mass is 16.6. The topological polar surface area (TPSA) is 169 Å². The number of esters is 5. The fourth-order valence-corrected chi connectivity index (χ4v) is 5.56. The molecule has 2 bridgehead atoms. The van der Waals surface area contributed by atoms with Crippen molar-refractivity contribution < 1.29 is 57.6 Å². The molecule has 0 saturated carbocycles. The van der Waals surface area contributed by atoms with Crippen LogP contribution in [0, 0.1) is 11.3 Å². The lowest BCUT2D eigenvalue weighted by atomic mass is 9.60. The minimum absolute atomic E-state index is 0.0380. The predicted octanol–water partition coefficient (Wildman–Crippen LogP) is 2.80. The van der Waals surface area contributed by atoms with Crippen LogP contribution in [0.5, 0.6) is 0 Å². The molecule has 0 amide bonds. The smallest absolute Gasteiger partial charge is 0.307 e. The van der Waals surface area contributed by atoms with E-state index in [-0.39, 0.29) is 23.3 Å². The molecular formula is C30H40O12. The fourth-order valence-electron chi connectivity index (χ4n) is 5.56. The van der Waals surface area contributed by atoms with Crippen molar-refractivity contribution in [2.45, 2.75) is 99.6 Å². The zero-order valence-corrected chi connectivity index (χ0v) is 25.5. The molecule has 2 rings (SSSR count). The van der Waals surface area contributed by atoms with Crippen LogP contribution < -0.4 is 0 Å². The number of Topliss-reactive ketones (excluding diaryl/α,β-unsaturated/α-hetero) is 1. The molecule has 0 aromatic carbocycles. The van der Waals surface area contributed by atoms with E-state index in [1.807, 2.05) is 0 Å². The van der Waals surface area contributed by atoms with Gasteiger partial charge in [-0.05, 0) is 48.5 Å². The largest absolute Gasteiger partial charge is 0.461 e. The first-order chi connectivity index (χ1) is 19.4. The maximum absolute atomic E-state index is 13.5. The number of ketones is 1. The Bertz CT molecular complexity index is 1230. The van der Waals surface area contributed by atoms with Crippen molar-refractivity contribution >= 4 is 35.6 Å². The molecule has 42 heavy (non-hydrogen) atoms. The summed E-state index contributed by atoms with van der Waals surface area (Å²) in [5.41, 5.74) is -0.147. The van der Waals surface area contributed by atoms with E-state index in [0.29, 0.717) is 11.1 Å². The summed E-state index contributed by atoms with van der Waals surface area (Å²) in [6.45, 7) is 12.1. The van der Waals surface area contributed by atoms with Crippen LogP contribution in [0.3, 0.4) is 0 Å². The molecule has 1 N–H and O–H groups in total. The lowest BCUT2D eigenvalue weighted by Crippen LogP contribution is -2.49. The third-order valence-electron chi connectivity index (χ3n) is 7.46. The van der Waals surface area contributed by atoms with Crippen LogP contribution in [-0.2, 0) is 52.5 Å². The number of aliphatic hydroxyl groups is 1. The summed E-state index contributed by atoms with van der Waals surface area (Å²) in [6.07, 6.45) is -3.93. The van der Waals surface area contributed by atoms with Gasteiger partial charge >= 0.3 is 29.8 Å². The predicted molar refractivity (Wildman–Crippen MR) is 146 cm³/mol. The average molecular weight is 593 g/mol. The third kappa shape index (κ3) is 8.37. The summed E-state index contributed by atoms with van der Waals surface area (Å²) in [5.74, 6) is -5.01. The maximum atomic E-state index is 13.5. The van der Waals surface area contributed by atoms with Crippen LogP contribution in [0.2, 0.25) is 0 Å². The van der Waals surface area contributed by atoms with Gasteiger partial charge in [0, 0.05) is 52.5 Å². The molecule has 0 saturated heterocycles. The Morgan fingerprint density at radius 1 is 0.857 bits per heavy atom. The van der Waals surface area contributed by atoms with Gasteiger partial charge in [0.2, 0.25) is 0 Å². The molecular weight excluding hydrogens is 552 g/mol. The lowest BCUT2D eigenvalue weighted by molar-refractivity contribution is -0.156. The van der Waals surface area contributed by atoms with E-state index in [1.54, 1.807) is 20.8 Å². The monoisotopic (exact) mass is 592 g/mol. The number of fused-ring (bicyclic) bond motifs is 2. The standard InChI is InChI=1S/C30H40O12/c1-14-23(36)12-24(37)21(13-38-16(3)31)10-26(40-18(5)33)22-11-25(39-17(4)32)15(2)27(30(22,8)9)29(42-20(7)35)28(14)41-19(6)34/h10,22-23,25-26,29,36H,11-13H2,1-9H3/b21-10+,28-14+/t22-,23+,25-,26-,29+/m0/s1. The Labute approximate surface area is 245 Å². The maximum Gasteiger partial charge on any atom is 0.307 e. The highest BCUT2D eigenvalue weighted by Crippen LogP contribution is 2.51. The number of ether oxygens (including phenoxy) is 5. The van der Waals surface area contributed by atoms with Crippen molar-refractivity contribution in [3.8, 4) is 0 Å². The summed E-state index contributed by atoms with van der Waals surface area (Å²) < 4.78 is 27.8. The van der Waals surface area contributed by atoms with E-state index in [4.69, 9.17) is 23.7 Å². The number of carbonyl (C=O) groups excluding carboxylic acids is 6. The van der Waals surface area contributed by atoms with E-state index < -0.39 is 84.4 Å². The summed E-state index contributed by atoms with van der Waals surface area (Å²) in [5, 5.41) is 11.1. The van der Waals surface area contributed by atoms with Crippen molar-refractivity contribution in [3.05, 3.63) is 34.1 Å². The molecule has 5 atom stereocenters. The zero-order chi connectivity index (χ0) is 32.1.